The average Bonchev–Trinajstić information content (AvgIpc) is 2.67. The highest BCUT2D eigenvalue weighted by molar-refractivity contribution is 6.07. The molecule has 28 heavy (non-hydrogen) atoms. The van der Waals surface area contributed by atoms with Gasteiger partial charge in [-0.3, -0.25) is 9.59 Å². The van der Waals surface area contributed by atoms with Gasteiger partial charge < -0.3 is 14.4 Å². The number of allylic oxidation sites excluding steroid dienone is 1. The molecule has 0 aliphatic carbocycles. The molecule has 0 bridgehead atoms. The Labute approximate surface area is 166 Å². The predicted molar refractivity (Wildman–Crippen MR) is 111 cm³/mol. The molecule has 5 nitrogen and oxygen atoms in total. The zero-order valence-electron chi connectivity index (χ0n) is 17.1. The number of ketones is 1. The largest absolute Gasteiger partial charge is 0.490 e. The summed E-state index contributed by atoms with van der Waals surface area (Å²) in [6, 6.07) is 12.9. The molecular formula is C23H27NO4. The van der Waals surface area contributed by atoms with Crippen molar-refractivity contribution in [1.82, 2.24) is 4.90 Å². The van der Waals surface area contributed by atoms with Crippen LogP contribution in [0.2, 0.25) is 0 Å². The molecule has 2 rings (SSSR count). The Kier molecular flexibility index (Phi) is 7.38. The van der Waals surface area contributed by atoms with Gasteiger partial charge in [0.25, 0.3) is 5.91 Å². The molecule has 0 N–H and O–H groups in total. The van der Waals surface area contributed by atoms with E-state index in [1.807, 2.05) is 44.2 Å². The highest BCUT2D eigenvalue weighted by Gasteiger charge is 2.18. The number of carbonyl (C=O) groups is 2. The number of benzene rings is 2. The number of amides is 1. The fourth-order valence-electron chi connectivity index (χ4n) is 2.71. The van der Waals surface area contributed by atoms with E-state index in [0.29, 0.717) is 23.7 Å². The summed E-state index contributed by atoms with van der Waals surface area (Å²) in [4.78, 5) is 25.9. The predicted octanol–water partition coefficient (Wildman–Crippen LogP) is 4.15. The van der Waals surface area contributed by atoms with Gasteiger partial charge in [0.15, 0.2) is 23.4 Å². The first-order valence-corrected chi connectivity index (χ1v) is 9.26. The van der Waals surface area contributed by atoms with Crippen molar-refractivity contribution in [2.45, 2.75) is 26.9 Å². The maximum absolute atomic E-state index is 12.4. The first-order chi connectivity index (χ1) is 13.3. The lowest BCUT2D eigenvalue weighted by Gasteiger charge is -2.20. The molecule has 1 atom stereocenters. The van der Waals surface area contributed by atoms with Crippen LogP contribution in [0.4, 0.5) is 0 Å². The Morgan fingerprint density at radius 1 is 1.11 bits per heavy atom. The summed E-state index contributed by atoms with van der Waals surface area (Å²) in [5.74, 6) is 0.843. The smallest absolute Gasteiger partial charge is 0.262 e. The van der Waals surface area contributed by atoms with Gasteiger partial charge in [-0.25, -0.2) is 0 Å². The number of hydrogen-bond acceptors (Lipinski definition) is 4. The van der Waals surface area contributed by atoms with E-state index in [2.05, 4.69) is 0 Å². The van der Waals surface area contributed by atoms with Crippen molar-refractivity contribution >= 4 is 17.8 Å². The van der Waals surface area contributed by atoms with Crippen LogP contribution in [0.5, 0.6) is 11.5 Å². The molecule has 5 heteroatoms. The van der Waals surface area contributed by atoms with E-state index in [-0.39, 0.29) is 11.7 Å². The van der Waals surface area contributed by atoms with Crippen molar-refractivity contribution in [3.05, 3.63) is 65.2 Å². The van der Waals surface area contributed by atoms with Crippen LogP contribution in [0.3, 0.4) is 0 Å². The number of carbonyl (C=O) groups excluding carboxylic acids is 2. The molecule has 0 aromatic heterocycles. The number of nitrogens with zero attached hydrogens (tertiary/aromatic N) is 1. The fraction of sp³-hybridized carbons (Fsp3) is 0.304. The summed E-state index contributed by atoms with van der Waals surface area (Å²) >= 11 is 0. The number of ether oxygens (including phenoxy) is 2. The fourth-order valence-corrected chi connectivity index (χ4v) is 2.71. The third-order valence-electron chi connectivity index (χ3n) is 4.20. The van der Waals surface area contributed by atoms with Gasteiger partial charge in [0.2, 0.25) is 0 Å². The van der Waals surface area contributed by atoms with E-state index >= 15 is 0 Å². The SMILES string of the molecule is CCOc1cc(/C=C/C(=O)c2ccccc2C)ccc1O[C@@H](C)C(=O)N(C)C. The van der Waals surface area contributed by atoms with Crippen molar-refractivity contribution in [1.29, 1.82) is 0 Å². The minimum Gasteiger partial charge on any atom is -0.490 e. The van der Waals surface area contributed by atoms with Crippen LogP contribution >= 0.6 is 0 Å². The Balaban J connectivity index is 2.20. The van der Waals surface area contributed by atoms with Gasteiger partial charge in [-0.2, -0.15) is 0 Å². The van der Waals surface area contributed by atoms with Gasteiger partial charge in [0.1, 0.15) is 0 Å². The quantitative estimate of drug-likeness (QED) is 0.509. The number of hydrogen-bond donors (Lipinski definition) is 0. The second kappa shape index (κ2) is 9.74. The zero-order valence-corrected chi connectivity index (χ0v) is 17.1. The van der Waals surface area contributed by atoms with Crippen LogP contribution in [0.25, 0.3) is 6.08 Å². The molecule has 148 valence electrons. The monoisotopic (exact) mass is 381 g/mol. The third kappa shape index (κ3) is 5.46. The molecule has 0 aliphatic rings. The maximum atomic E-state index is 12.4. The summed E-state index contributed by atoms with van der Waals surface area (Å²) in [6.07, 6.45) is 2.67. The summed E-state index contributed by atoms with van der Waals surface area (Å²) in [6.45, 7) is 5.95. The first kappa shape index (κ1) is 21.2. The summed E-state index contributed by atoms with van der Waals surface area (Å²) in [5.41, 5.74) is 2.43. The topological polar surface area (TPSA) is 55.8 Å². The number of rotatable bonds is 8. The second-order valence-corrected chi connectivity index (χ2v) is 6.64. The van der Waals surface area contributed by atoms with E-state index < -0.39 is 6.10 Å². The lowest BCUT2D eigenvalue weighted by Crippen LogP contribution is -2.35. The molecule has 0 aliphatic heterocycles. The van der Waals surface area contributed by atoms with Crippen LogP contribution in [0.15, 0.2) is 48.5 Å². The molecular weight excluding hydrogens is 354 g/mol. The number of aryl methyl sites for hydroxylation is 1. The zero-order chi connectivity index (χ0) is 20.7. The molecule has 2 aromatic rings. The lowest BCUT2D eigenvalue weighted by molar-refractivity contribution is -0.135. The number of likely N-dealkylation sites (N-methyl/N-ethyl adjacent to an activating group) is 1. The van der Waals surface area contributed by atoms with E-state index in [1.165, 1.54) is 4.90 Å². The van der Waals surface area contributed by atoms with Gasteiger partial charge in [-0.1, -0.05) is 36.4 Å². The minimum absolute atomic E-state index is 0.0541. The van der Waals surface area contributed by atoms with Crippen LogP contribution in [-0.2, 0) is 4.79 Å². The van der Waals surface area contributed by atoms with Gasteiger partial charge in [-0.15, -0.1) is 0 Å². The average molecular weight is 381 g/mol. The van der Waals surface area contributed by atoms with Crippen molar-refractivity contribution in [2.24, 2.45) is 0 Å². The van der Waals surface area contributed by atoms with Gasteiger partial charge in [-0.05, 0) is 50.1 Å². The van der Waals surface area contributed by atoms with Gasteiger partial charge >= 0.3 is 0 Å². The Morgan fingerprint density at radius 3 is 2.46 bits per heavy atom. The van der Waals surface area contributed by atoms with Crippen LogP contribution < -0.4 is 9.47 Å². The standard InChI is InChI=1S/C23H27NO4/c1-6-27-22-15-18(11-13-20(25)19-10-8-7-9-16(19)2)12-14-21(22)28-17(3)23(26)24(4)5/h7-15,17H,6H2,1-5H3/b13-11+/t17-/m0/s1. The summed E-state index contributed by atoms with van der Waals surface area (Å²) < 4.78 is 11.4. The molecule has 0 saturated carbocycles. The second-order valence-electron chi connectivity index (χ2n) is 6.64. The van der Waals surface area contributed by atoms with E-state index in [0.717, 1.165) is 11.1 Å². The molecule has 0 radical (unpaired) electrons. The lowest BCUT2D eigenvalue weighted by atomic mass is 10.0. The van der Waals surface area contributed by atoms with Gasteiger partial charge in [0.05, 0.1) is 6.61 Å². The Bertz CT molecular complexity index is 871. The van der Waals surface area contributed by atoms with Crippen LogP contribution in [0, 0.1) is 6.92 Å². The molecule has 0 fully saturated rings. The van der Waals surface area contributed by atoms with Crippen molar-refractivity contribution in [3.63, 3.8) is 0 Å². The van der Waals surface area contributed by atoms with E-state index in [9.17, 15) is 9.59 Å². The van der Waals surface area contributed by atoms with Crippen LogP contribution in [-0.4, -0.2) is 43.4 Å². The highest BCUT2D eigenvalue weighted by Crippen LogP contribution is 2.30. The van der Waals surface area contributed by atoms with Crippen molar-refractivity contribution < 1.29 is 19.1 Å². The summed E-state index contributed by atoms with van der Waals surface area (Å²) in [5, 5.41) is 0. The maximum Gasteiger partial charge on any atom is 0.262 e. The van der Waals surface area contributed by atoms with Crippen molar-refractivity contribution in [2.75, 3.05) is 20.7 Å². The molecule has 0 saturated heterocycles. The molecule has 2 aromatic carbocycles. The normalized spacial score (nSPS) is 11.9. The molecule has 0 unspecified atom stereocenters. The Morgan fingerprint density at radius 2 is 1.82 bits per heavy atom. The molecule has 0 heterocycles. The highest BCUT2D eigenvalue weighted by atomic mass is 16.5. The van der Waals surface area contributed by atoms with Gasteiger partial charge in [0, 0.05) is 19.7 Å². The van der Waals surface area contributed by atoms with E-state index in [1.54, 1.807) is 45.3 Å². The Hall–Kier alpha value is -3.08. The summed E-state index contributed by atoms with van der Waals surface area (Å²) in [7, 11) is 3.37. The molecule has 0 spiro atoms. The molecule has 1 amide bonds. The third-order valence-corrected chi connectivity index (χ3v) is 4.20. The van der Waals surface area contributed by atoms with E-state index in [4.69, 9.17) is 9.47 Å². The van der Waals surface area contributed by atoms with Crippen LogP contribution in [0.1, 0.15) is 35.3 Å². The van der Waals surface area contributed by atoms with Crippen molar-refractivity contribution in [3.8, 4) is 11.5 Å². The minimum atomic E-state index is -0.627. The first-order valence-electron chi connectivity index (χ1n) is 9.26.